The Labute approximate surface area is 119 Å². The van der Waals surface area contributed by atoms with Crippen molar-refractivity contribution in [2.45, 2.75) is 58.8 Å². The number of amides is 1. The lowest BCUT2D eigenvalue weighted by atomic mass is 9.85. The van der Waals surface area contributed by atoms with Crippen LogP contribution >= 0.6 is 0 Å². The molecule has 0 aromatic rings. The second-order valence-electron chi connectivity index (χ2n) is 6.70. The van der Waals surface area contributed by atoms with Gasteiger partial charge in [0.25, 0.3) is 0 Å². The molecule has 5 nitrogen and oxygen atoms in total. The zero-order valence-electron chi connectivity index (χ0n) is 13.4. The molecule has 2 atom stereocenters. The third-order valence-electron chi connectivity index (χ3n) is 2.85. The number of hydrogen-bond donors (Lipinski definition) is 1. The average molecular weight is 292 g/mol. The van der Waals surface area contributed by atoms with Gasteiger partial charge in [-0.25, -0.2) is 14.0 Å². The molecular formula is C13H28N2O3S. The van der Waals surface area contributed by atoms with Crippen LogP contribution in [0.3, 0.4) is 0 Å². The number of carbonyl (C=O) groups is 1. The predicted octanol–water partition coefficient (Wildman–Crippen LogP) is 1.86. The first-order chi connectivity index (χ1) is 8.39. The van der Waals surface area contributed by atoms with Crippen LogP contribution in [0, 0.1) is 5.41 Å². The molecule has 0 heterocycles. The molecular weight excluding hydrogens is 264 g/mol. The van der Waals surface area contributed by atoms with Crippen LogP contribution in [0.5, 0.6) is 0 Å². The summed E-state index contributed by atoms with van der Waals surface area (Å²) in [6.45, 7) is 11.8. The maximum Gasteiger partial charge on any atom is 0.247 e. The summed E-state index contributed by atoms with van der Waals surface area (Å²) in [7, 11) is 1.81. The van der Waals surface area contributed by atoms with Gasteiger partial charge in [0.1, 0.15) is 0 Å². The average Bonchev–Trinajstić information content (AvgIpc) is 2.23. The lowest BCUT2D eigenvalue weighted by Gasteiger charge is -2.33. The highest BCUT2D eigenvalue weighted by atomic mass is 32.2. The van der Waals surface area contributed by atoms with Gasteiger partial charge in [0.2, 0.25) is 5.91 Å². The minimum atomic E-state index is -1.21. The molecule has 0 aliphatic carbocycles. The van der Waals surface area contributed by atoms with E-state index in [1.165, 1.54) is 12.2 Å². The van der Waals surface area contributed by atoms with Gasteiger partial charge in [0.05, 0.1) is 22.8 Å². The van der Waals surface area contributed by atoms with E-state index in [-0.39, 0.29) is 28.5 Å². The van der Waals surface area contributed by atoms with Crippen molar-refractivity contribution in [3.05, 3.63) is 0 Å². The smallest absolute Gasteiger partial charge is 0.247 e. The van der Waals surface area contributed by atoms with E-state index in [1.54, 1.807) is 7.05 Å². The summed E-state index contributed by atoms with van der Waals surface area (Å²) in [5, 5.41) is 1.19. The minimum Gasteiger partial charge on any atom is -0.275 e. The standard InChI is InChI=1S/C13H28N2O3S/c1-12(2,3)10(9-11(16)15(7)18-8)14-19(17)13(4,5)6/h10,14H,9H2,1-8H3/t10-,19+/m1/s1. The zero-order chi connectivity index (χ0) is 15.4. The SMILES string of the molecule is CON(C)C(=O)C[C@@H](N[S@@](=O)C(C)(C)C)C(C)(C)C. The van der Waals surface area contributed by atoms with Crippen LogP contribution in [0.25, 0.3) is 0 Å². The number of hydrogen-bond acceptors (Lipinski definition) is 3. The van der Waals surface area contributed by atoms with E-state index in [9.17, 15) is 9.00 Å². The molecule has 0 rings (SSSR count). The third-order valence-corrected chi connectivity index (χ3v) is 4.47. The summed E-state index contributed by atoms with van der Waals surface area (Å²) in [6, 6.07) is -0.183. The first-order valence-corrected chi connectivity index (χ1v) is 7.53. The van der Waals surface area contributed by atoms with Gasteiger partial charge in [0.15, 0.2) is 0 Å². The number of nitrogens with zero attached hydrogens (tertiary/aromatic N) is 1. The van der Waals surface area contributed by atoms with Crippen molar-refractivity contribution < 1.29 is 13.8 Å². The quantitative estimate of drug-likeness (QED) is 0.787. The maximum absolute atomic E-state index is 12.2. The molecule has 0 aromatic heterocycles. The van der Waals surface area contributed by atoms with Crippen LogP contribution in [0.1, 0.15) is 48.0 Å². The Bertz CT molecular complexity index is 332. The molecule has 0 aromatic carbocycles. The topological polar surface area (TPSA) is 58.6 Å². The fraction of sp³-hybridized carbons (Fsp3) is 0.923. The van der Waals surface area contributed by atoms with Gasteiger partial charge < -0.3 is 0 Å². The largest absolute Gasteiger partial charge is 0.275 e. The van der Waals surface area contributed by atoms with Crippen LogP contribution in [0.15, 0.2) is 0 Å². The molecule has 19 heavy (non-hydrogen) atoms. The van der Waals surface area contributed by atoms with Crippen molar-refractivity contribution in [3.8, 4) is 0 Å². The van der Waals surface area contributed by atoms with Crippen molar-refractivity contribution in [3.63, 3.8) is 0 Å². The fourth-order valence-corrected chi connectivity index (χ4v) is 2.28. The first-order valence-electron chi connectivity index (χ1n) is 6.38. The van der Waals surface area contributed by atoms with Crippen LogP contribution in [0.2, 0.25) is 0 Å². The van der Waals surface area contributed by atoms with E-state index in [0.717, 1.165) is 0 Å². The number of nitrogens with one attached hydrogen (secondary N) is 1. The third kappa shape index (κ3) is 6.49. The van der Waals surface area contributed by atoms with Crippen molar-refractivity contribution in [1.82, 2.24) is 9.79 Å². The summed E-state index contributed by atoms with van der Waals surface area (Å²) >= 11 is 0. The zero-order valence-corrected chi connectivity index (χ0v) is 14.2. The van der Waals surface area contributed by atoms with E-state index >= 15 is 0 Å². The van der Waals surface area contributed by atoms with Gasteiger partial charge >= 0.3 is 0 Å². The Kier molecular flexibility index (Phi) is 6.65. The van der Waals surface area contributed by atoms with Crippen molar-refractivity contribution in [1.29, 1.82) is 0 Å². The summed E-state index contributed by atoms with van der Waals surface area (Å²) < 4.78 is 14.9. The second kappa shape index (κ2) is 6.81. The lowest BCUT2D eigenvalue weighted by Crippen LogP contribution is -2.48. The molecule has 114 valence electrons. The van der Waals surface area contributed by atoms with E-state index in [2.05, 4.69) is 4.72 Å². The highest BCUT2D eigenvalue weighted by Crippen LogP contribution is 2.24. The molecule has 0 aliphatic heterocycles. The van der Waals surface area contributed by atoms with Crippen LogP contribution in [-0.4, -0.2) is 40.1 Å². The summed E-state index contributed by atoms with van der Waals surface area (Å²) in [5.41, 5.74) is -0.175. The van der Waals surface area contributed by atoms with Gasteiger partial charge in [-0.05, 0) is 26.2 Å². The Morgan fingerprint density at radius 3 is 2.05 bits per heavy atom. The number of carbonyl (C=O) groups excluding carboxylic acids is 1. The normalized spacial score (nSPS) is 16.0. The molecule has 0 aliphatic rings. The van der Waals surface area contributed by atoms with Gasteiger partial charge in [0, 0.05) is 19.5 Å². The van der Waals surface area contributed by atoms with E-state index in [0.29, 0.717) is 0 Å². The molecule has 6 heteroatoms. The molecule has 0 radical (unpaired) electrons. The van der Waals surface area contributed by atoms with Gasteiger partial charge in [-0.3, -0.25) is 9.63 Å². The Morgan fingerprint density at radius 1 is 1.26 bits per heavy atom. The van der Waals surface area contributed by atoms with Crippen molar-refractivity contribution >= 4 is 16.9 Å². The molecule has 1 amide bonds. The molecule has 0 unspecified atom stereocenters. The molecule has 0 saturated heterocycles. The molecule has 0 saturated carbocycles. The molecule has 0 bridgehead atoms. The number of hydroxylamine groups is 2. The van der Waals surface area contributed by atoms with Gasteiger partial charge in [-0.1, -0.05) is 20.8 Å². The minimum absolute atomic E-state index is 0.138. The van der Waals surface area contributed by atoms with E-state index < -0.39 is 11.0 Å². The van der Waals surface area contributed by atoms with E-state index in [1.807, 2.05) is 41.5 Å². The maximum atomic E-state index is 12.2. The van der Waals surface area contributed by atoms with Gasteiger partial charge in [-0.2, -0.15) is 0 Å². The Balaban J connectivity index is 4.87. The summed E-state index contributed by atoms with van der Waals surface area (Å²) in [4.78, 5) is 16.8. The van der Waals surface area contributed by atoms with Crippen LogP contribution in [0.4, 0.5) is 0 Å². The number of rotatable bonds is 5. The van der Waals surface area contributed by atoms with Gasteiger partial charge in [-0.15, -0.1) is 0 Å². The first kappa shape index (κ1) is 18.5. The molecule has 0 fully saturated rings. The highest BCUT2D eigenvalue weighted by molar-refractivity contribution is 7.84. The summed E-state index contributed by atoms with van der Waals surface area (Å²) in [6.07, 6.45) is 0.246. The monoisotopic (exact) mass is 292 g/mol. The van der Waals surface area contributed by atoms with E-state index in [4.69, 9.17) is 4.84 Å². The van der Waals surface area contributed by atoms with Crippen LogP contribution < -0.4 is 4.72 Å². The lowest BCUT2D eigenvalue weighted by molar-refractivity contribution is -0.169. The highest BCUT2D eigenvalue weighted by Gasteiger charge is 2.32. The molecule has 0 spiro atoms. The predicted molar refractivity (Wildman–Crippen MR) is 78.7 cm³/mol. The molecule has 1 N–H and O–H groups in total. The van der Waals surface area contributed by atoms with Crippen molar-refractivity contribution in [2.24, 2.45) is 5.41 Å². The van der Waals surface area contributed by atoms with Crippen LogP contribution in [-0.2, 0) is 20.6 Å². The Morgan fingerprint density at radius 2 is 1.74 bits per heavy atom. The van der Waals surface area contributed by atoms with Crippen molar-refractivity contribution in [2.75, 3.05) is 14.2 Å². The second-order valence-corrected chi connectivity index (χ2v) is 8.69. The Hall–Kier alpha value is -0.460. The fourth-order valence-electron chi connectivity index (χ4n) is 1.24. The summed E-state index contributed by atoms with van der Waals surface area (Å²) in [5.74, 6) is -0.138.